The van der Waals surface area contributed by atoms with Crippen LogP contribution in [0, 0.1) is 0 Å². The summed E-state index contributed by atoms with van der Waals surface area (Å²) in [7, 11) is 0. The van der Waals surface area contributed by atoms with Gasteiger partial charge < -0.3 is 0 Å². The number of halogens is 2. The van der Waals surface area contributed by atoms with Gasteiger partial charge in [0, 0.05) is 42.8 Å². The zero-order valence-electron chi connectivity index (χ0n) is 12.8. The molecule has 0 radical (unpaired) electrons. The first-order valence-corrected chi connectivity index (χ1v) is 8.46. The van der Waals surface area contributed by atoms with Crippen molar-refractivity contribution in [2.24, 2.45) is 5.10 Å². The molecule has 1 heterocycles. The molecule has 3 rings (SSSR count). The fraction of sp³-hybridized carbons (Fsp3) is 0.278. The zero-order chi connectivity index (χ0) is 16.1. The molecule has 0 aliphatic carbocycles. The smallest absolute Gasteiger partial charge is 0.0542 e. The summed E-state index contributed by atoms with van der Waals surface area (Å²) in [4.78, 5) is 2.44. The average Bonchev–Trinajstić information content (AvgIpc) is 2.58. The summed E-state index contributed by atoms with van der Waals surface area (Å²) in [6, 6.07) is 15.8. The lowest BCUT2D eigenvalue weighted by Crippen LogP contribution is -2.43. The Morgan fingerprint density at radius 1 is 0.826 bits per heavy atom. The number of hydrogen-bond acceptors (Lipinski definition) is 3. The van der Waals surface area contributed by atoms with Crippen LogP contribution in [0.15, 0.2) is 53.6 Å². The zero-order valence-corrected chi connectivity index (χ0v) is 14.3. The summed E-state index contributed by atoms with van der Waals surface area (Å²) < 4.78 is 0. The molecule has 0 spiro atoms. The monoisotopic (exact) mass is 347 g/mol. The van der Waals surface area contributed by atoms with Crippen molar-refractivity contribution in [3.8, 4) is 0 Å². The molecule has 2 aromatic carbocycles. The van der Waals surface area contributed by atoms with E-state index in [0.717, 1.165) is 48.3 Å². The van der Waals surface area contributed by atoms with E-state index in [0.29, 0.717) is 0 Å². The molecule has 1 aliphatic rings. The largest absolute Gasteiger partial charge is 0.295 e. The van der Waals surface area contributed by atoms with E-state index in [4.69, 9.17) is 23.2 Å². The molecule has 0 amide bonds. The first-order valence-electron chi connectivity index (χ1n) is 7.70. The third kappa shape index (κ3) is 4.96. The van der Waals surface area contributed by atoms with Crippen molar-refractivity contribution in [1.29, 1.82) is 0 Å². The van der Waals surface area contributed by atoms with Gasteiger partial charge in [0.2, 0.25) is 0 Å². The molecule has 0 N–H and O–H groups in total. The molecule has 1 aliphatic heterocycles. The Kier molecular flexibility index (Phi) is 5.55. The predicted molar refractivity (Wildman–Crippen MR) is 97.3 cm³/mol. The van der Waals surface area contributed by atoms with Crippen LogP contribution in [0.1, 0.15) is 11.1 Å². The van der Waals surface area contributed by atoms with Crippen LogP contribution >= 0.6 is 23.2 Å². The van der Waals surface area contributed by atoms with Gasteiger partial charge in [0.25, 0.3) is 0 Å². The second-order valence-electron chi connectivity index (χ2n) is 5.65. The molecule has 1 fully saturated rings. The van der Waals surface area contributed by atoms with Crippen molar-refractivity contribution in [1.82, 2.24) is 9.91 Å². The maximum Gasteiger partial charge on any atom is 0.0542 e. The van der Waals surface area contributed by atoms with Gasteiger partial charge >= 0.3 is 0 Å². The molecule has 1 saturated heterocycles. The lowest BCUT2D eigenvalue weighted by molar-refractivity contribution is 0.131. The van der Waals surface area contributed by atoms with Gasteiger partial charge in [0.1, 0.15) is 0 Å². The third-order valence-corrected chi connectivity index (χ3v) is 4.41. The van der Waals surface area contributed by atoms with Crippen LogP contribution in [0.2, 0.25) is 10.0 Å². The van der Waals surface area contributed by atoms with Crippen LogP contribution in [0.5, 0.6) is 0 Å². The van der Waals surface area contributed by atoms with E-state index >= 15 is 0 Å². The van der Waals surface area contributed by atoms with E-state index in [9.17, 15) is 0 Å². The highest BCUT2D eigenvalue weighted by molar-refractivity contribution is 6.30. The highest BCUT2D eigenvalue weighted by Crippen LogP contribution is 2.13. The molecule has 2 aromatic rings. The minimum absolute atomic E-state index is 0.748. The van der Waals surface area contributed by atoms with Crippen molar-refractivity contribution < 1.29 is 0 Å². The van der Waals surface area contributed by atoms with Crippen LogP contribution in [0.3, 0.4) is 0 Å². The minimum atomic E-state index is 0.748. The van der Waals surface area contributed by atoms with E-state index in [2.05, 4.69) is 27.1 Å². The molecule has 0 bridgehead atoms. The number of hydrazone groups is 1. The third-order valence-electron chi connectivity index (χ3n) is 3.91. The maximum atomic E-state index is 5.92. The number of piperazine rings is 1. The maximum absolute atomic E-state index is 5.92. The summed E-state index contributed by atoms with van der Waals surface area (Å²) in [5.74, 6) is 0. The molecular weight excluding hydrogens is 329 g/mol. The minimum Gasteiger partial charge on any atom is -0.295 e. The van der Waals surface area contributed by atoms with Gasteiger partial charge in [-0.25, -0.2) is 0 Å². The van der Waals surface area contributed by atoms with Gasteiger partial charge in [-0.1, -0.05) is 47.5 Å². The predicted octanol–water partition coefficient (Wildman–Crippen LogP) is 4.15. The first-order chi connectivity index (χ1) is 11.2. The van der Waals surface area contributed by atoms with E-state index in [1.165, 1.54) is 5.56 Å². The second kappa shape index (κ2) is 7.82. The Bertz CT molecular complexity index is 645. The van der Waals surface area contributed by atoms with E-state index in [-0.39, 0.29) is 0 Å². The Morgan fingerprint density at radius 2 is 1.39 bits per heavy atom. The molecule has 0 unspecified atom stereocenters. The van der Waals surface area contributed by atoms with E-state index < -0.39 is 0 Å². The summed E-state index contributed by atoms with van der Waals surface area (Å²) in [5.41, 5.74) is 2.37. The van der Waals surface area contributed by atoms with Gasteiger partial charge in [0.05, 0.1) is 6.21 Å². The van der Waals surface area contributed by atoms with Crippen LogP contribution < -0.4 is 0 Å². The lowest BCUT2D eigenvalue weighted by Gasteiger charge is -2.33. The molecule has 120 valence electrons. The van der Waals surface area contributed by atoms with Crippen molar-refractivity contribution in [2.45, 2.75) is 6.54 Å². The summed E-state index contributed by atoms with van der Waals surface area (Å²) in [6.07, 6.45) is 1.89. The van der Waals surface area contributed by atoms with Crippen LogP contribution in [-0.2, 0) is 6.54 Å². The molecule has 3 nitrogen and oxygen atoms in total. The van der Waals surface area contributed by atoms with E-state index in [1.807, 2.05) is 42.6 Å². The summed E-state index contributed by atoms with van der Waals surface area (Å²) in [6.45, 7) is 4.88. The van der Waals surface area contributed by atoms with Crippen molar-refractivity contribution in [2.75, 3.05) is 26.2 Å². The van der Waals surface area contributed by atoms with Gasteiger partial charge in [-0.2, -0.15) is 5.10 Å². The highest BCUT2D eigenvalue weighted by Gasteiger charge is 2.15. The standard InChI is InChI=1S/C18H19Cl2N3/c19-17-5-1-15(2-6-17)13-21-23-11-9-22(10-12-23)14-16-3-7-18(20)8-4-16/h1-8,13H,9-12,14H2/b21-13+. The second-order valence-corrected chi connectivity index (χ2v) is 6.53. The Morgan fingerprint density at radius 3 is 2.00 bits per heavy atom. The average molecular weight is 348 g/mol. The Hall–Kier alpha value is -1.55. The molecular formula is C18H19Cl2N3. The first kappa shape index (κ1) is 16.3. The van der Waals surface area contributed by atoms with Crippen LogP contribution in [0.25, 0.3) is 0 Å². The van der Waals surface area contributed by atoms with Gasteiger partial charge in [-0.15, -0.1) is 0 Å². The number of nitrogens with zero attached hydrogens (tertiary/aromatic N) is 3. The lowest BCUT2D eigenvalue weighted by atomic mass is 10.2. The SMILES string of the molecule is Clc1ccc(/C=N/N2CCN(Cc3ccc(Cl)cc3)CC2)cc1. The molecule has 23 heavy (non-hydrogen) atoms. The Labute approximate surface area is 147 Å². The molecule has 5 heteroatoms. The number of benzene rings is 2. The topological polar surface area (TPSA) is 18.8 Å². The fourth-order valence-electron chi connectivity index (χ4n) is 2.56. The van der Waals surface area contributed by atoms with Crippen molar-refractivity contribution in [3.63, 3.8) is 0 Å². The van der Waals surface area contributed by atoms with Crippen molar-refractivity contribution >= 4 is 29.4 Å². The quantitative estimate of drug-likeness (QED) is 0.773. The van der Waals surface area contributed by atoms with Crippen molar-refractivity contribution in [3.05, 3.63) is 69.7 Å². The van der Waals surface area contributed by atoms with Crippen LogP contribution in [0.4, 0.5) is 0 Å². The number of rotatable bonds is 4. The normalized spacial score (nSPS) is 16.2. The molecule has 0 atom stereocenters. The van der Waals surface area contributed by atoms with E-state index in [1.54, 1.807) is 0 Å². The highest BCUT2D eigenvalue weighted by atomic mass is 35.5. The van der Waals surface area contributed by atoms with Crippen LogP contribution in [-0.4, -0.2) is 42.3 Å². The summed E-state index contributed by atoms with van der Waals surface area (Å²) in [5, 5.41) is 8.21. The van der Waals surface area contributed by atoms with Gasteiger partial charge in [0.15, 0.2) is 0 Å². The summed E-state index contributed by atoms with van der Waals surface area (Å²) >= 11 is 11.8. The fourth-order valence-corrected chi connectivity index (χ4v) is 2.81. The molecule has 0 aromatic heterocycles. The number of hydrogen-bond donors (Lipinski definition) is 0. The van der Waals surface area contributed by atoms with Gasteiger partial charge in [-0.3, -0.25) is 9.91 Å². The molecule has 0 saturated carbocycles. The van der Waals surface area contributed by atoms with Gasteiger partial charge in [-0.05, 0) is 35.4 Å². The Balaban J connectivity index is 1.48.